The summed E-state index contributed by atoms with van der Waals surface area (Å²) in [6.45, 7) is -0.177. The van der Waals surface area contributed by atoms with E-state index >= 15 is 0 Å². The van der Waals surface area contributed by atoms with E-state index in [1.54, 1.807) is 0 Å². The quantitative estimate of drug-likeness (QED) is 0.700. The molecule has 0 saturated carbocycles. The van der Waals surface area contributed by atoms with E-state index < -0.39 is 35.2 Å². The third kappa shape index (κ3) is 2.79. The van der Waals surface area contributed by atoms with Gasteiger partial charge in [0.1, 0.15) is 12.0 Å². The molecule has 1 heterocycles. The molecule has 110 valence electrons. The molecule has 1 fully saturated rings. The van der Waals surface area contributed by atoms with Crippen LogP contribution >= 0.6 is 15.9 Å². The maximum Gasteiger partial charge on any atom is 0.419 e. The molecule has 1 atom stereocenters. The van der Waals surface area contributed by atoms with Crippen molar-refractivity contribution in [3.63, 3.8) is 0 Å². The lowest BCUT2D eigenvalue weighted by Crippen LogP contribution is -2.30. The molecule has 0 spiro atoms. The van der Waals surface area contributed by atoms with Gasteiger partial charge in [0.25, 0.3) is 5.91 Å². The predicted octanol–water partition coefficient (Wildman–Crippen LogP) is 3.79. The smallest absolute Gasteiger partial charge is 0.335 e. The van der Waals surface area contributed by atoms with Crippen molar-refractivity contribution in [2.75, 3.05) is 13.1 Å². The second-order valence-electron chi connectivity index (χ2n) is 4.42. The SMILES string of the molecule is O=C(c1c(Br)ccc(C(F)(F)F)c1F)N1CC[C@H](F)C1. The van der Waals surface area contributed by atoms with E-state index in [1.165, 1.54) is 0 Å². The molecule has 1 aromatic rings. The fraction of sp³-hybridized carbons (Fsp3) is 0.417. The Morgan fingerprint density at radius 1 is 1.35 bits per heavy atom. The lowest BCUT2D eigenvalue weighted by Gasteiger charge is -2.18. The zero-order valence-corrected chi connectivity index (χ0v) is 11.6. The zero-order chi connectivity index (χ0) is 15.1. The van der Waals surface area contributed by atoms with Crippen LogP contribution in [-0.2, 0) is 6.18 Å². The lowest BCUT2D eigenvalue weighted by molar-refractivity contribution is -0.140. The van der Waals surface area contributed by atoms with Crippen LogP contribution in [0.15, 0.2) is 16.6 Å². The molecule has 0 unspecified atom stereocenters. The number of carbonyl (C=O) groups excluding carboxylic acids is 1. The summed E-state index contributed by atoms with van der Waals surface area (Å²) in [6.07, 6.45) is -6.02. The van der Waals surface area contributed by atoms with E-state index in [2.05, 4.69) is 15.9 Å². The molecule has 8 heteroatoms. The topological polar surface area (TPSA) is 20.3 Å². The van der Waals surface area contributed by atoms with Gasteiger partial charge in [0.15, 0.2) is 0 Å². The third-order valence-corrected chi connectivity index (χ3v) is 3.69. The zero-order valence-electron chi connectivity index (χ0n) is 9.98. The maximum atomic E-state index is 13.9. The molecule has 0 aromatic heterocycles. The fourth-order valence-corrected chi connectivity index (χ4v) is 2.50. The highest BCUT2D eigenvalue weighted by Gasteiger charge is 2.38. The van der Waals surface area contributed by atoms with E-state index in [9.17, 15) is 26.7 Å². The van der Waals surface area contributed by atoms with Crippen molar-refractivity contribution < 1.29 is 26.7 Å². The predicted molar refractivity (Wildman–Crippen MR) is 64.5 cm³/mol. The first-order valence-electron chi connectivity index (χ1n) is 5.70. The van der Waals surface area contributed by atoms with E-state index in [0.717, 1.165) is 11.0 Å². The minimum absolute atomic E-state index is 0.0577. The molecule has 1 aliphatic heterocycles. The number of halogens is 6. The molecule has 2 rings (SSSR count). The maximum absolute atomic E-state index is 13.9. The van der Waals surface area contributed by atoms with Crippen molar-refractivity contribution in [3.05, 3.63) is 33.5 Å². The Kier molecular flexibility index (Phi) is 4.04. The third-order valence-electron chi connectivity index (χ3n) is 3.03. The number of benzene rings is 1. The molecule has 1 aromatic carbocycles. The van der Waals surface area contributed by atoms with Crippen LogP contribution in [0.5, 0.6) is 0 Å². The number of amides is 1. The molecule has 1 aliphatic rings. The van der Waals surface area contributed by atoms with Gasteiger partial charge in [-0.25, -0.2) is 8.78 Å². The Labute approximate surface area is 119 Å². The van der Waals surface area contributed by atoms with Crippen LogP contribution in [-0.4, -0.2) is 30.1 Å². The van der Waals surface area contributed by atoms with E-state index in [-0.39, 0.29) is 24.0 Å². The van der Waals surface area contributed by atoms with Crippen LogP contribution in [0.25, 0.3) is 0 Å². The van der Waals surface area contributed by atoms with Gasteiger partial charge in [-0.1, -0.05) is 0 Å². The average molecular weight is 358 g/mol. The summed E-state index contributed by atoms with van der Waals surface area (Å²) in [5.41, 5.74) is -2.23. The Morgan fingerprint density at radius 2 is 2.00 bits per heavy atom. The second-order valence-corrected chi connectivity index (χ2v) is 5.27. The van der Waals surface area contributed by atoms with Crippen LogP contribution in [0.2, 0.25) is 0 Å². The van der Waals surface area contributed by atoms with E-state index in [4.69, 9.17) is 0 Å². The number of hydrogen-bond acceptors (Lipinski definition) is 1. The number of nitrogens with zero attached hydrogens (tertiary/aromatic N) is 1. The number of likely N-dealkylation sites (tertiary alicyclic amines) is 1. The van der Waals surface area contributed by atoms with Gasteiger partial charge in [-0.2, -0.15) is 13.2 Å². The largest absolute Gasteiger partial charge is 0.419 e. The van der Waals surface area contributed by atoms with Crippen LogP contribution in [0.3, 0.4) is 0 Å². The second kappa shape index (κ2) is 5.31. The van der Waals surface area contributed by atoms with Crippen molar-refractivity contribution >= 4 is 21.8 Å². The lowest BCUT2D eigenvalue weighted by atomic mass is 10.1. The van der Waals surface area contributed by atoms with Gasteiger partial charge in [0, 0.05) is 11.0 Å². The summed E-state index contributed by atoms with van der Waals surface area (Å²) in [6, 6.07) is 1.51. The van der Waals surface area contributed by atoms with Gasteiger partial charge in [0.05, 0.1) is 17.7 Å². The van der Waals surface area contributed by atoms with Gasteiger partial charge in [-0.05, 0) is 34.5 Å². The average Bonchev–Trinajstić information content (AvgIpc) is 2.74. The van der Waals surface area contributed by atoms with Crippen LogP contribution in [0.4, 0.5) is 22.0 Å². The summed E-state index contributed by atoms with van der Waals surface area (Å²) in [5.74, 6) is -2.58. The van der Waals surface area contributed by atoms with Gasteiger partial charge in [-0.3, -0.25) is 4.79 Å². The molecule has 0 radical (unpaired) electrons. The normalized spacial score (nSPS) is 19.5. The Morgan fingerprint density at radius 3 is 2.50 bits per heavy atom. The molecular weight excluding hydrogens is 349 g/mol. The van der Waals surface area contributed by atoms with Gasteiger partial charge < -0.3 is 4.90 Å². The van der Waals surface area contributed by atoms with E-state index in [0.29, 0.717) is 6.07 Å². The number of hydrogen-bond donors (Lipinski definition) is 0. The van der Waals surface area contributed by atoms with Gasteiger partial charge >= 0.3 is 6.18 Å². The molecule has 0 N–H and O–H groups in total. The van der Waals surface area contributed by atoms with Crippen molar-refractivity contribution in [3.8, 4) is 0 Å². The molecule has 20 heavy (non-hydrogen) atoms. The van der Waals surface area contributed by atoms with Gasteiger partial charge in [0.2, 0.25) is 0 Å². The molecule has 1 amide bonds. The first-order valence-corrected chi connectivity index (χ1v) is 6.49. The summed E-state index contributed by atoms with van der Waals surface area (Å²) >= 11 is 2.86. The van der Waals surface area contributed by atoms with Crippen LogP contribution < -0.4 is 0 Å². The summed E-state index contributed by atoms with van der Waals surface area (Å²) in [4.78, 5) is 13.0. The Balaban J connectivity index is 2.43. The summed E-state index contributed by atoms with van der Waals surface area (Å²) in [5, 5.41) is 0. The Bertz CT molecular complexity index is 545. The first-order chi connectivity index (χ1) is 9.21. The first kappa shape index (κ1) is 15.2. The fourth-order valence-electron chi connectivity index (χ4n) is 2.03. The number of rotatable bonds is 1. The van der Waals surface area contributed by atoms with E-state index in [1.807, 2.05) is 0 Å². The molecular formula is C12H9BrF5NO. The monoisotopic (exact) mass is 357 g/mol. The summed E-state index contributed by atoms with van der Waals surface area (Å²) < 4.78 is 64.8. The standard InChI is InChI=1S/C12H9BrF5NO/c13-8-2-1-7(12(16,17)18)10(15)9(8)11(20)19-4-3-6(14)5-19/h1-2,6H,3-5H2/t6-/m0/s1. The molecule has 0 aliphatic carbocycles. The molecule has 1 saturated heterocycles. The highest BCUT2D eigenvalue weighted by Crippen LogP contribution is 2.35. The van der Waals surface area contributed by atoms with Crippen LogP contribution in [0, 0.1) is 5.82 Å². The van der Waals surface area contributed by atoms with Gasteiger partial charge in [-0.15, -0.1) is 0 Å². The van der Waals surface area contributed by atoms with Crippen LogP contribution in [0.1, 0.15) is 22.3 Å². The Hall–Kier alpha value is -1.18. The highest BCUT2D eigenvalue weighted by molar-refractivity contribution is 9.10. The molecule has 0 bridgehead atoms. The summed E-state index contributed by atoms with van der Waals surface area (Å²) in [7, 11) is 0. The number of alkyl halides is 4. The molecule has 2 nitrogen and oxygen atoms in total. The number of carbonyl (C=O) groups is 1. The van der Waals surface area contributed by atoms with Crippen molar-refractivity contribution in [1.82, 2.24) is 4.90 Å². The minimum atomic E-state index is -4.90. The minimum Gasteiger partial charge on any atom is -0.335 e. The van der Waals surface area contributed by atoms with Crippen molar-refractivity contribution in [2.24, 2.45) is 0 Å². The van der Waals surface area contributed by atoms with Crippen molar-refractivity contribution in [2.45, 2.75) is 18.8 Å². The van der Waals surface area contributed by atoms with Crippen molar-refractivity contribution in [1.29, 1.82) is 0 Å². The highest BCUT2D eigenvalue weighted by atomic mass is 79.9.